The molecule has 5 heteroatoms. The number of amides is 1. The van der Waals surface area contributed by atoms with Gasteiger partial charge in [-0.3, -0.25) is 9.78 Å². The zero-order valence-electron chi connectivity index (χ0n) is 7.56. The summed E-state index contributed by atoms with van der Waals surface area (Å²) in [4.78, 5) is 14.6. The molecular formula is C9H11N3O2. The van der Waals surface area contributed by atoms with Crippen LogP contribution in [0.4, 0.5) is 0 Å². The van der Waals surface area contributed by atoms with Gasteiger partial charge in [0.2, 0.25) is 0 Å². The Balaban J connectivity index is 2.09. The molecule has 1 aliphatic rings. The molecule has 0 saturated carbocycles. The second-order valence-corrected chi connectivity index (χ2v) is 3.14. The lowest BCUT2D eigenvalue weighted by atomic mass is 10.2. The number of nitrogens with two attached hydrogens (primary N) is 1. The second-order valence-electron chi connectivity index (χ2n) is 3.14. The molecule has 0 aliphatic carbocycles. The third-order valence-corrected chi connectivity index (χ3v) is 2.03. The van der Waals surface area contributed by atoms with E-state index in [0.717, 1.165) is 13.1 Å². The number of hydrogen-bond acceptors (Lipinski definition) is 4. The average Bonchev–Trinajstić information content (AvgIpc) is 2.12. The van der Waals surface area contributed by atoms with Crippen LogP contribution in [0.3, 0.4) is 0 Å². The van der Waals surface area contributed by atoms with E-state index in [2.05, 4.69) is 10.3 Å². The molecule has 0 unspecified atom stereocenters. The number of aromatic nitrogens is 1. The predicted molar refractivity (Wildman–Crippen MR) is 50.0 cm³/mol. The Morgan fingerprint density at radius 1 is 1.64 bits per heavy atom. The number of carbonyl (C=O) groups is 1. The van der Waals surface area contributed by atoms with Crippen molar-refractivity contribution in [3.63, 3.8) is 0 Å². The fourth-order valence-electron chi connectivity index (χ4n) is 1.16. The third kappa shape index (κ3) is 1.82. The first kappa shape index (κ1) is 8.96. The summed E-state index contributed by atoms with van der Waals surface area (Å²) in [5.41, 5.74) is 5.32. The Bertz CT molecular complexity index is 350. The summed E-state index contributed by atoms with van der Waals surface area (Å²) >= 11 is 0. The Labute approximate surface area is 81.3 Å². The highest BCUT2D eigenvalue weighted by molar-refractivity contribution is 5.91. The van der Waals surface area contributed by atoms with E-state index in [9.17, 15) is 4.79 Å². The fourth-order valence-corrected chi connectivity index (χ4v) is 1.16. The van der Waals surface area contributed by atoms with Crippen molar-refractivity contribution < 1.29 is 9.53 Å². The lowest BCUT2D eigenvalue weighted by Gasteiger charge is -2.27. The van der Waals surface area contributed by atoms with Crippen molar-refractivity contribution in [3.05, 3.63) is 24.0 Å². The highest BCUT2D eigenvalue weighted by atomic mass is 16.5. The third-order valence-electron chi connectivity index (χ3n) is 2.03. The second kappa shape index (κ2) is 3.63. The van der Waals surface area contributed by atoms with Crippen LogP contribution in [0.25, 0.3) is 0 Å². The van der Waals surface area contributed by atoms with E-state index in [1.165, 1.54) is 6.20 Å². The van der Waals surface area contributed by atoms with Gasteiger partial charge in [0.05, 0.1) is 0 Å². The van der Waals surface area contributed by atoms with Gasteiger partial charge in [0.25, 0.3) is 5.91 Å². The minimum absolute atomic E-state index is 0.193. The van der Waals surface area contributed by atoms with Crippen LogP contribution < -0.4 is 15.8 Å². The maximum atomic E-state index is 10.8. The van der Waals surface area contributed by atoms with Crippen LogP contribution in [0.5, 0.6) is 5.75 Å². The van der Waals surface area contributed by atoms with Crippen molar-refractivity contribution in [2.45, 2.75) is 6.10 Å². The van der Waals surface area contributed by atoms with Crippen LogP contribution in [-0.4, -0.2) is 30.1 Å². The lowest BCUT2D eigenvalue weighted by molar-refractivity contribution is 0.0993. The molecule has 3 N–H and O–H groups in total. The molecule has 1 amide bonds. The van der Waals surface area contributed by atoms with E-state index in [1.807, 2.05) is 0 Å². The quantitative estimate of drug-likeness (QED) is 0.680. The van der Waals surface area contributed by atoms with Crippen LogP contribution in [0.2, 0.25) is 0 Å². The van der Waals surface area contributed by atoms with E-state index in [4.69, 9.17) is 10.5 Å². The maximum Gasteiger partial charge on any atom is 0.267 e. The van der Waals surface area contributed by atoms with Crippen molar-refractivity contribution in [1.82, 2.24) is 10.3 Å². The number of ether oxygens (including phenoxy) is 1. The molecule has 2 rings (SSSR count). The molecule has 5 nitrogen and oxygen atoms in total. The molecule has 74 valence electrons. The van der Waals surface area contributed by atoms with Gasteiger partial charge in [-0.1, -0.05) is 0 Å². The van der Waals surface area contributed by atoms with Gasteiger partial charge in [0.1, 0.15) is 17.5 Å². The van der Waals surface area contributed by atoms with Gasteiger partial charge in [-0.2, -0.15) is 0 Å². The monoisotopic (exact) mass is 193 g/mol. The van der Waals surface area contributed by atoms with Gasteiger partial charge >= 0.3 is 0 Å². The highest BCUT2D eigenvalue weighted by Gasteiger charge is 2.18. The summed E-state index contributed by atoms with van der Waals surface area (Å²) < 4.78 is 5.53. The van der Waals surface area contributed by atoms with E-state index < -0.39 is 5.91 Å². The molecular weight excluding hydrogens is 182 g/mol. The maximum absolute atomic E-state index is 10.8. The van der Waals surface area contributed by atoms with Gasteiger partial charge in [-0.05, 0) is 6.07 Å². The number of carbonyl (C=O) groups excluding carboxylic acids is 1. The Hall–Kier alpha value is -1.62. The summed E-state index contributed by atoms with van der Waals surface area (Å²) in [6, 6.07) is 3.27. The molecule has 0 aromatic carbocycles. The van der Waals surface area contributed by atoms with Crippen molar-refractivity contribution in [2.24, 2.45) is 5.73 Å². The van der Waals surface area contributed by atoms with Gasteiger partial charge < -0.3 is 15.8 Å². The van der Waals surface area contributed by atoms with Crippen LogP contribution >= 0.6 is 0 Å². The first-order valence-electron chi connectivity index (χ1n) is 4.39. The van der Waals surface area contributed by atoms with Crippen LogP contribution in [0.1, 0.15) is 10.5 Å². The Morgan fingerprint density at radius 2 is 2.43 bits per heavy atom. The zero-order chi connectivity index (χ0) is 9.97. The topological polar surface area (TPSA) is 77.2 Å². The normalized spacial score (nSPS) is 16.0. The van der Waals surface area contributed by atoms with Crippen molar-refractivity contribution in [3.8, 4) is 5.75 Å². The van der Waals surface area contributed by atoms with E-state index in [0.29, 0.717) is 5.75 Å². The Kier molecular flexibility index (Phi) is 2.32. The summed E-state index contributed by atoms with van der Waals surface area (Å²) in [6.45, 7) is 1.68. The number of nitrogens with one attached hydrogen (secondary N) is 1. The molecule has 1 saturated heterocycles. The molecule has 0 radical (unpaired) electrons. The largest absolute Gasteiger partial charge is 0.488 e. The van der Waals surface area contributed by atoms with Gasteiger partial charge in [0.15, 0.2) is 0 Å². The van der Waals surface area contributed by atoms with Crippen LogP contribution in [0.15, 0.2) is 18.3 Å². The molecule has 1 aliphatic heterocycles. The highest BCUT2D eigenvalue weighted by Crippen LogP contribution is 2.13. The first-order chi connectivity index (χ1) is 6.75. The zero-order valence-corrected chi connectivity index (χ0v) is 7.56. The predicted octanol–water partition coefficient (Wildman–Crippen LogP) is -0.469. The SMILES string of the molecule is NC(=O)c1cc(OC2CNC2)ccn1. The van der Waals surface area contributed by atoms with E-state index >= 15 is 0 Å². The van der Waals surface area contributed by atoms with Crippen LogP contribution in [0, 0.1) is 0 Å². The Morgan fingerprint density at radius 3 is 3.00 bits per heavy atom. The molecule has 1 aromatic rings. The summed E-state index contributed by atoms with van der Waals surface area (Å²) in [7, 11) is 0. The average molecular weight is 193 g/mol. The molecule has 2 heterocycles. The first-order valence-corrected chi connectivity index (χ1v) is 4.39. The molecule has 0 spiro atoms. The molecule has 0 atom stereocenters. The fraction of sp³-hybridized carbons (Fsp3) is 0.333. The van der Waals surface area contributed by atoms with Gasteiger partial charge in [-0.25, -0.2) is 0 Å². The van der Waals surface area contributed by atoms with Crippen LogP contribution in [-0.2, 0) is 0 Å². The number of pyridine rings is 1. The van der Waals surface area contributed by atoms with E-state index in [1.54, 1.807) is 12.1 Å². The summed E-state index contributed by atoms with van der Waals surface area (Å²) in [5, 5.41) is 3.09. The van der Waals surface area contributed by atoms with Crippen molar-refractivity contribution in [1.29, 1.82) is 0 Å². The van der Waals surface area contributed by atoms with Crippen molar-refractivity contribution in [2.75, 3.05) is 13.1 Å². The lowest BCUT2D eigenvalue weighted by Crippen LogP contribution is -2.50. The van der Waals surface area contributed by atoms with Gasteiger partial charge in [0, 0.05) is 25.4 Å². The smallest absolute Gasteiger partial charge is 0.267 e. The molecule has 1 fully saturated rings. The number of hydrogen-bond donors (Lipinski definition) is 2. The minimum Gasteiger partial charge on any atom is -0.488 e. The van der Waals surface area contributed by atoms with E-state index in [-0.39, 0.29) is 11.8 Å². The molecule has 14 heavy (non-hydrogen) atoms. The summed E-state index contributed by atoms with van der Waals surface area (Å²) in [5.74, 6) is 0.0995. The standard InChI is InChI=1S/C9H11N3O2/c10-9(13)8-3-6(1-2-12-8)14-7-4-11-5-7/h1-3,7,11H,4-5H2,(H2,10,13). The van der Waals surface area contributed by atoms with Crippen molar-refractivity contribution >= 4 is 5.91 Å². The minimum atomic E-state index is -0.540. The number of primary amides is 1. The van der Waals surface area contributed by atoms with Gasteiger partial charge in [-0.15, -0.1) is 0 Å². The number of rotatable bonds is 3. The number of nitrogens with zero attached hydrogens (tertiary/aromatic N) is 1. The molecule has 0 bridgehead atoms. The summed E-state index contributed by atoms with van der Waals surface area (Å²) in [6.07, 6.45) is 1.71. The molecule has 1 aromatic heterocycles.